The highest BCUT2D eigenvalue weighted by atomic mass is 35.5. The van der Waals surface area contributed by atoms with Gasteiger partial charge in [-0.05, 0) is 201 Å². The van der Waals surface area contributed by atoms with Crippen molar-refractivity contribution in [1.82, 2.24) is 0 Å². The first-order chi connectivity index (χ1) is 36.8. The van der Waals surface area contributed by atoms with E-state index in [4.69, 9.17) is 30.5 Å². The highest BCUT2D eigenvalue weighted by Gasteiger charge is 2.57. The number of aliphatic hydroxyl groups is 1. The van der Waals surface area contributed by atoms with Gasteiger partial charge in [0.25, 0.3) is 17.1 Å². The van der Waals surface area contributed by atoms with Crippen molar-refractivity contribution in [3.8, 4) is 28.7 Å². The number of fused-ring (bicyclic) bond motifs is 10. The van der Waals surface area contributed by atoms with E-state index in [1.54, 1.807) is 6.07 Å². The van der Waals surface area contributed by atoms with Gasteiger partial charge in [-0.25, -0.2) is 14.4 Å². The summed E-state index contributed by atoms with van der Waals surface area (Å²) in [5.74, 6) is 4.52. The molecule has 2 N–H and O–H groups in total. The third-order valence-electron chi connectivity index (χ3n) is 17.5. The molecule has 11 rings (SSSR count). The Kier molecular flexibility index (Phi) is 15.8. The van der Waals surface area contributed by atoms with Gasteiger partial charge < -0.3 is 33.9 Å². The summed E-state index contributed by atoms with van der Waals surface area (Å²) >= 11 is 4.92. The molecule has 19 nitrogen and oxygen atoms in total. The number of phenols is 1. The molecule has 0 heterocycles. The normalized spacial score (nSPS) is 27.0. The molecule has 0 aromatic heterocycles. The van der Waals surface area contributed by atoms with Crippen molar-refractivity contribution < 1.29 is 63.1 Å². The van der Waals surface area contributed by atoms with Crippen LogP contribution in [0.2, 0.25) is 0 Å². The second-order valence-corrected chi connectivity index (χ2v) is 21.6. The average molecular weight is 1080 g/mol. The van der Waals surface area contributed by atoms with E-state index in [1.165, 1.54) is 109 Å². The predicted molar refractivity (Wildman–Crippen MR) is 279 cm³/mol. The lowest BCUT2D eigenvalue weighted by molar-refractivity contribution is -0.385. The first kappa shape index (κ1) is 54.2. The van der Waals surface area contributed by atoms with E-state index in [2.05, 4.69) is 24.7 Å². The lowest BCUT2D eigenvalue weighted by Crippen LogP contribution is -2.45. The Morgan fingerprint density at radius 2 is 0.961 bits per heavy atom. The van der Waals surface area contributed by atoms with Crippen LogP contribution in [-0.4, -0.2) is 54.9 Å². The molecule has 0 saturated heterocycles. The molecule has 4 fully saturated rings. The summed E-state index contributed by atoms with van der Waals surface area (Å²) in [4.78, 5) is 65.5. The van der Waals surface area contributed by atoms with Crippen molar-refractivity contribution in [1.29, 1.82) is 0 Å². The van der Waals surface area contributed by atoms with Crippen LogP contribution in [0.1, 0.15) is 112 Å². The minimum atomic E-state index is -0.978. The fourth-order valence-electron chi connectivity index (χ4n) is 13.8. The SMILES string of the molecule is C[C@]12CCC3c4ccc(O)cc4CCC3C1CC[C@@H]2O.C[C@]12CCC3c4ccc(OC(=O)Oc5ccc([N+](=O)[O-])cc5)cc4CCC3C1CC[C@@H]2OC(=O)Oc1ccc([N+](=O)[O-])cc1.O=C(Cl)Oc1ccc([N+](=O)[O-])cc1. The smallest absolute Gasteiger partial charge is 0.508 e. The van der Waals surface area contributed by atoms with Crippen LogP contribution in [0.3, 0.4) is 0 Å². The third-order valence-corrected chi connectivity index (χ3v) is 17.5. The van der Waals surface area contributed by atoms with E-state index < -0.39 is 32.5 Å². The van der Waals surface area contributed by atoms with Crippen molar-refractivity contribution >= 4 is 46.4 Å². The molecule has 5 aromatic rings. The molecular weight excluding hydrogens is 1020 g/mol. The number of phenolic OH excluding ortho intramolecular Hbond substituents is 1. The molecule has 4 saturated carbocycles. The molecule has 10 atom stereocenters. The molecule has 5 aromatic carbocycles. The summed E-state index contributed by atoms with van der Waals surface area (Å²) in [5.41, 5.74) is 3.94. The molecule has 6 unspecified atom stereocenters. The number of aliphatic hydroxyl groups excluding tert-OH is 1. The second kappa shape index (κ2) is 22.5. The number of hydrogen-bond donors (Lipinski definition) is 2. The fraction of sp³-hybridized carbons (Fsp3) is 0.421. The summed E-state index contributed by atoms with van der Waals surface area (Å²) in [5, 5.41) is 51.9. The van der Waals surface area contributed by atoms with Crippen LogP contribution in [0.15, 0.2) is 109 Å². The van der Waals surface area contributed by atoms with E-state index >= 15 is 0 Å². The van der Waals surface area contributed by atoms with Gasteiger partial charge >= 0.3 is 17.7 Å². The number of hydrogen-bond acceptors (Lipinski definition) is 16. The molecular formula is C57H58ClN3O16. The van der Waals surface area contributed by atoms with Crippen LogP contribution >= 0.6 is 11.6 Å². The van der Waals surface area contributed by atoms with Gasteiger partial charge in [-0.2, -0.15) is 0 Å². The Hall–Kier alpha value is -7.64. The number of ether oxygens (including phenoxy) is 5. The average Bonchev–Trinajstić information content (AvgIpc) is 3.90. The number of nitro groups is 3. The standard InChI is InChI=1S/C32H30N2O10.C18H24O2.C7H4ClNO4/c1-32-17-16-26-25-13-11-24(43-30(35)41-22-7-3-20(4-8-22)33(37)38)18-19(25)2-12-27(26)28(32)14-15-29(32)44-31(36)42-23-9-5-21(6-10-23)34(39)40;1-18-9-8-14-13-5-3-12(19)10-11(13)2-4-15(14)16(18)6-7-17(18)20;8-7(10)13-6-3-1-5(2-4-6)9(11)12/h3-11,13,18,26-29H,2,12,14-17H2,1H3;3,5,10,14-17,19-20H,2,4,6-9H2,1H3;1-4H/t26?,27?,28?,29-,32-;14?,15?,16?,17-,18-;/m00./s1. The maximum absolute atomic E-state index is 12.7. The Morgan fingerprint density at radius 3 is 1.48 bits per heavy atom. The molecule has 404 valence electrons. The number of nitrogens with zero attached hydrogens (tertiary/aromatic N) is 3. The zero-order valence-corrected chi connectivity index (χ0v) is 43.1. The summed E-state index contributed by atoms with van der Waals surface area (Å²) in [6, 6.07) is 27.1. The molecule has 0 aliphatic heterocycles. The number of rotatable bonds is 8. The Morgan fingerprint density at radius 1 is 0.532 bits per heavy atom. The molecule has 20 heteroatoms. The van der Waals surface area contributed by atoms with Crippen molar-refractivity contribution in [3.63, 3.8) is 0 Å². The number of non-ortho nitro benzene ring substituents is 3. The summed E-state index contributed by atoms with van der Waals surface area (Å²) < 4.78 is 26.2. The van der Waals surface area contributed by atoms with Gasteiger partial charge in [0.1, 0.15) is 34.9 Å². The maximum atomic E-state index is 12.7. The molecule has 0 radical (unpaired) electrons. The Balaban J connectivity index is 0.000000178. The maximum Gasteiger partial charge on any atom is 0.519 e. The van der Waals surface area contributed by atoms with Crippen LogP contribution in [-0.2, 0) is 17.6 Å². The number of nitro benzene ring substituents is 3. The van der Waals surface area contributed by atoms with Gasteiger partial charge in [-0.3, -0.25) is 30.3 Å². The molecule has 6 aliphatic carbocycles. The van der Waals surface area contributed by atoms with E-state index in [0.29, 0.717) is 41.1 Å². The van der Waals surface area contributed by atoms with Gasteiger partial charge in [0.2, 0.25) is 0 Å². The van der Waals surface area contributed by atoms with Gasteiger partial charge in [0, 0.05) is 53.4 Å². The topological polar surface area (TPSA) is 267 Å². The Labute approximate surface area is 447 Å². The molecule has 0 bridgehead atoms. The van der Waals surface area contributed by atoms with Gasteiger partial charge in [-0.1, -0.05) is 26.0 Å². The zero-order chi connectivity index (χ0) is 54.8. The Bertz CT molecular complexity index is 3050. The summed E-state index contributed by atoms with van der Waals surface area (Å²) in [6.07, 6.45) is 10.1. The largest absolute Gasteiger partial charge is 0.519 e. The van der Waals surface area contributed by atoms with Crippen molar-refractivity contribution in [2.24, 2.45) is 34.5 Å². The van der Waals surface area contributed by atoms with E-state index in [9.17, 15) is 54.9 Å². The van der Waals surface area contributed by atoms with Gasteiger partial charge in [0.15, 0.2) is 0 Å². The first-order valence-electron chi connectivity index (χ1n) is 25.8. The highest BCUT2D eigenvalue weighted by molar-refractivity contribution is 6.61. The van der Waals surface area contributed by atoms with Crippen LogP contribution in [0.25, 0.3) is 0 Å². The third kappa shape index (κ3) is 11.7. The van der Waals surface area contributed by atoms with Crippen LogP contribution < -0.4 is 18.9 Å². The van der Waals surface area contributed by atoms with E-state index in [-0.39, 0.29) is 57.3 Å². The van der Waals surface area contributed by atoms with Crippen molar-refractivity contribution in [2.45, 2.75) is 115 Å². The lowest BCUT2D eigenvalue weighted by atomic mass is 9.55. The number of carbonyl (C=O) groups excluding carboxylic acids is 3. The molecule has 0 amide bonds. The molecule has 0 spiro atoms. The van der Waals surface area contributed by atoms with Crippen LogP contribution in [0, 0.1) is 64.8 Å². The monoisotopic (exact) mass is 1080 g/mol. The van der Waals surface area contributed by atoms with Crippen LogP contribution in [0.4, 0.5) is 31.4 Å². The van der Waals surface area contributed by atoms with E-state index in [0.717, 1.165) is 69.3 Å². The van der Waals surface area contributed by atoms with Gasteiger partial charge in [-0.15, -0.1) is 0 Å². The van der Waals surface area contributed by atoms with E-state index in [1.807, 2.05) is 24.3 Å². The molecule has 77 heavy (non-hydrogen) atoms. The first-order valence-corrected chi connectivity index (χ1v) is 26.2. The highest BCUT2D eigenvalue weighted by Crippen LogP contribution is 2.63. The molecule has 6 aliphatic rings. The summed E-state index contributed by atoms with van der Waals surface area (Å²) in [7, 11) is 0. The zero-order valence-electron chi connectivity index (χ0n) is 42.3. The quantitative estimate of drug-likeness (QED) is 0.0481. The second-order valence-electron chi connectivity index (χ2n) is 21.3. The minimum Gasteiger partial charge on any atom is -0.508 e. The number of aromatic hydroxyl groups is 1. The number of carbonyl (C=O) groups is 3. The van der Waals surface area contributed by atoms with Crippen molar-refractivity contribution in [2.75, 3.05) is 0 Å². The van der Waals surface area contributed by atoms with Gasteiger partial charge in [0.05, 0.1) is 20.9 Å². The lowest BCUT2D eigenvalue weighted by Gasteiger charge is -2.50. The number of benzene rings is 5. The fourth-order valence-corrected chi connectivity index (χ4v) is 13.8. The predicted octanol–water partition coefficient (Wildman–Crippen LogP) is 13.5. The van der Waals surface area contributed by atoms with Crippen molar-refractivity contribution in [3.05, 3.63) is 162 Å². The number of aryl methyl sites for hydroxylation is 2. The summed E-state index contributed by atoms with van der Waals surface area (Å²) in [6.45, 7) is 4.52. The van der Waals surface area contributed by atoms with Crippen LogP contribution in [0.5, 0.6) is 28.7 Å². The minimum absolute atomic E-state index is 0.0747. The number of halogens is 1.